The third-order valence-corrected chi connectivity index (χ3v) is 4.52. The molecule has 2 rings (SSSR count). The van der Waals surface area contributed by atoms with Gasteiger partial charge in [-0.25, -0.2) is 18.1 Å². The van der Waals surface area contributed by atoms with Gasteiger partial charge in [-0.1, -0.05) is 6.07 Å². The van der Waals surface area contributed by atoms with Crippen molar-refractivity contribution < 1.29 is 8.42 Å². The fourth-order valence-electron chi connectivity index (χ4n) is 1.38. The zero-order chi connectivity index (χ0) is 12.3. The third kappa shape index (κ3) is 3.15. The molecule has 0 aliphatic heterocycles. The largest absolute Gasteiger partial charge is 0.332 e. The van der Waals surface area contributed by atoms with Gasteiger partial charge in [0.05, 0.1) is 6.20 Å². The first-order chi connectivity index (χ1) is 8.08. The number of rotatable bonds is 5. The van der Waals surface area contributed by atoms with E-state index in [0.717, 1.165) is 4.88 Å². The number of imidazole rings is 1. The number of aryl methyl sites for hydroxylation is 1. The minimum absolute atomic E-state index is 0.112. The van der Waals surface area contributed by atoms with Crippen molar-refractivity contribution in [2.24, 2.45) is 0 Å². The van der Waals surface area contributed by atoms with Gasteiger partial charge in [0.2, 0.25) is 0 Å². The number of aromatic nitrogens is 2. The van der Waals surface area contributed by atoms with Gasteiger partial charge in [0, 0.05) is 11.4 Å². The summed E-state index contributed by atoms with van der Waals surface area (Å²) in [5, 5.41) is 2.09. The lowest BCUT2D eigenvalue weighted by molar-refractivity contribution is 0.578. The Morgan fingerprint density at radius 1 is 1.53 bits per heavy atom. The standard InChI is InChI=1S/C10H13N3O2S2/c1-8-11-7-10(13-8)17(14,15)12-5-4-9-3-2-6-16-9/h2-3,6-7,12H,4-5H2,1H3,(H,11,13). The Morgan fingerprint density at radius 2 is 2.35 bits per heavy atom. The molecule has 0 amide bonds. The Hall–Kier alpha value is -1.18. The molecule has 7 heteroatoms. The maximum Gasteiger partial charge on any atom is 0.257 e. The Labute approximate surface area is 104 Å². The minimum atomic E-state index is -3.46. The number of hydrogen-bond donors (Lipinski definition) is 2. The van der Waals surface area contributed by atoms with Gasteiger partial charge in [0.15, 0.2) is 5.03 Å². The molecule has 0 bridgehead atoms. The third-order valence-electron chi connectivity index (χ3n) is 2.21. The summed E-state index contributed by atoms with van der Waals surface area (Å²) < 4.78 is 26.1. The molecule has 2 aromatic heterocycles. The Kier molecular flexibility index (Phi) is 3.60. The Balaban J connectivity index is 1.94. The summed E-state index contributed by atoms with van der Waals surface area (Å²) in [6.45, 7) is 2.10. The molecule has 0 aliphatic rings. The van der Waals surface area contributed by atoms with Gasteiger partial charge in [-0.05, 0) is 24.8 Å². The van der Waals surface area contributed by atoms with E-state index in [0.29, 0.717) is 18.8 Å². The van der Waals surface area contributed by atoms with E-state index in [-0.39, 0.29) is 5.03 Å². The Bertz CT molecular complexity index is 572. The SMILES string of the molecule is Cc1ncc(S(=O)(=O)NCCc2cccs2)[nH]1. The molecule has 2 aromatic rings. The van der Waals surface area contributed by atoms with Gasteiger partial charge >= 0.3 is 0 Å². The number of nitrogens with zero attached hydrogens (tertiary/aromatic N) is 1. The monoisotopic (exact) mass is 271 g/mol. The van der Waals surface area contributed by atoms with Crippen LogP contribution in [0.1, 0.15) is 10.7 Å². The quantitative estimate of drug-likeness (QED) is 0.860. The number of thiophene rings is 1. The van der Waals surface area contributed by atoms with E-state index < -0.39 is 10.0 Å². The van der Waals surface area contributed by atoms with Crippen LogP contribution in [0.2, 0.25) is 0 Å². The van der Waals surface area contributed by atoms with Crippen LogP contribution in [-0.4, -0.2) is 24.9 Å². The summed E-state index contributed by atoms with van der Waals surface area (Å²) in [7, 11) is -3.46. The number of nitrogens with one attached hydrogen (secondary N) is 2. The van der Waals surface area contributed by atoms with Crippen molar-refractivity contribution in [2.75, 3.05) is 6.54 Å². The van der Waals surface area contributed by atoms with Crippen LogP contribution >= 0.6 is 11.3 Å². The Morgan fingerprint density at radius 3 is 2.94 bits per heavy atom. The fourth-order valence-corrected chi connectivity index (χ4v) is 3.08. The molecule has 0 aromatic carbocycles. The van der Waals surface area contributed by atoms with E-state index in [2.05, 4.69) is 14.7 Å². The highest BCUT2D eigenvalue weighted by molar-refractivity contribution is 7.89. The van der Waals surface area contributed by atoms with Gasteiger partial charge in [0.25, 0.3) is 10.0 Å². The van der Waals surface area contributed by atoms with Crippen molar-refractivity contribution >= 4 is 21.4 Å². The van der Waals surface area contributed by atoms with E-state index in [1.807, 2.05) is 17.5 Å². The van der Waals surface area contributed by atoms with Crippen molar-refractivity contribution in [3.05, 3.63) is 34.4 Å². The summed E-state index contributed by atoms with van der Waals surface area (Å²) >= 11 is 1.62. The number of sulfonamides is 1. The lowest BCUT2D eigenvalue weighted by Crippen LogP contribution is -2.26. The highest BCUT2D eigenvalue weighted by atomic mass is 32.2. The highest BCUT2D eigenvalue weighted by Crippen LogP contribution is 2.09. The second-order valence-electron chi connectivity index (χ2n) is 3.56. The minimum Gasteiger partial charge on any atom is -0.332 e. The van der Waals surface area contributed by atoms with Crippen LogP contribution in [0.4, 0.5) is 0 Å². The van der Waals surface area contributed by atoms with Crippen molar-refractivity contribution in [3.8, 4) is 0 Å². The summed E-state index contributed by atoms with van der Waals surface area (Å²) in [6, 6.07) is 3.94. The molecule has 92 valence electrons. The van der Waals surface area contributed by atoms with Gasteiger partial charge in [-0.15, -0.1) is 11.3 Å². The number of H-pyrrole nitrogens is 1. The summed E-state index contributed by atoms with van der Waals surface area (Å²) in [5.74, 6) is 0.587. The smallest absolute Gasteiger partial charge is 0.257 e. The van der Waals surface area contributed by atoms with Crippen LogP contribution in [-0.2, 0) is 16.4 Å². The molecule has 0 saturated heterocycles. The molecular formula is C10H13N3O2S2. The molecule has 0 atom stereocenters. The van der Waals surface area contributed by atoms with E-state index in [1.54, 1.807) is 18.3 Å². The second kappa shape index (κ2) is 4.99. The van der Waals surface area contributed by atoms with Crippen LogP contribution in [0.25, 0.3) is 0 Å². The number of aromatic amines is 1. The first-order valence-electron chi connectivity index (χ1n) is 5.11. The molecule has 5 nitrogen and oxygen atoms in total. The molecule has 0 unspecified atom stereocenters. The molecule has 2 N–H and O–H groups in total. The van der Waals surface area contributed by atoms with E-state index in [9.17, 15) is 8.42 Å². The van der Waals surface area contributed by atoms with Crippen molar-refractivity contribution in [1.29, 1.82) is 0 Å². The highest BCUT2D eigenvalue weighted by Gasteiger charge is 2.15. The molecule has 0 saturated carbocycles. The zero-order valence-corrected chi connectivity index (χ0v) is 10.9. The van der Waals surface area contributed by atoms with Crippen molar-refractivity contribution in [2.45, 2.75) is 18.4 Å². The van der Waals surface area contributed by atoms with Crippen molar-refractivity contribution in [1.82, 2.24) is 14.7 Å². The van der Waals surface area contributed by atoms with Gasteiger partial charge in [0.1, 0.15) is 5.82 Å². The predicted molar refractivity (Wildman–Crippen MR) is 66.5 cm³/mol. The summed E-state index contributed by atoms with van der Waals surface area (Å²) in [4.78, 5) is 7.73. The maximum atomic E-state index is 11.8. The second-order valence-corrected chi connectivity index (χ2v) is 6.33. The lowest BCUT2D eigenvalue weighted by Gasteiger charge is -2.03. The average molecular weight is 271 g/mol. The van der Waals surface area contributed by atoms with Crippen LogP contribution in [0.15, 0.2) is 28.7 Å². The number of hydrogen-bond acceptors (Lipinski definition) is 4. The molecular weight excluding hydrogens is 258 g/mol. The van der Waals surface area contributed by atoms with Crippen molar-refractivity contribution in [3.63, 3.8) is 0 Å². The van der Waals surface area contributed by atoms with Gasteiger partial charge in [-0.2, -0.15) is 0 Å². The zero-order valence-electron chi connectivity index (χ0n) is 9.30. The molecule has 2 heterocycles. The predicted octanol–water partition coefficient (Wildman–Crippen LogP) is 1.30. The normalized spacial score (nSPS) is 11.8. The van der Waals surface area contributed by atoms with Crippen LogP contribution in [0, 0.1) is 6.92 Å². The van der Waals surface area contributed by atoms with E-state index in [4.69, 9.17) is 0 Å². The van der Waals surface area contributed by atoms with Gasteiger partial charge < -0.3 is 4.98 Å². The van der Waals surface area contributed by atoms with Crippen LogP contribution in [0.3, 0.4) is 0 Å². The molecule has 0 fully saturated rings. The molecule has 0 aliphatic carbocycles. The van der Waals surface area contributed by atoms with Gasteiger partial charge in [-0.3, -0.25) is 0 Å². The maximum absolute atomic E-state index is 11.8. The van der Waals surface area contributed by atoms with Crippen LogP contribution in [0.5, 0.6) is 0 Å². The van der Waals surface area contributed by atoms with E-state index in [1.165, 1.54) is 6.20 Å². The summed E-state index contributed by atoms with van der Waals surface area (Å²) in [6.07, 6.45) is 2.02. The summed E-state index contributed by atoms with van der Waals surface area (Å²) in [5.41, 5.74) is 0. The lowest BCUT2D eigenvalue weighted by atomic mass is 10.3. The molecule has 0 radical (unpaired) electrons. The first kappa shape index (κ1) is 12.3. The average Bonchev–Trinajstić information content (AvgIpc) is 2.89. The molecule has 0 spiro atoms. The molecule has 17 heavy (non-hydrogen) atoms. The first-order valence-corrected chi connectivity index (χ1v) is 7.48. The topological polar surface area (TPSA) is 74.8 Å². The van der Waals surface area contributed by atoms with E-state index >= 15 is 0 Å². The fraction of sp³-hybridized carbons (Fsp3) is 0.300. The van der Waals surface area contributed by atoms with Crippen LogP contribution < -0.4 is 4.72 Å².